The molecule has 0 bridgehead atoms. The lowest BCUT2D eigenvalue weighted by molar-refractivity contribution is -0.119. The molecule has 1 atom stereocenters. The van der Waals surface area contributed by atoms with Crippen molar-refractivity contribution < 1.29 is 14.3 Å². The Morgan fingerprint density at radius 3 is 2.65 bits per heavy atom. The number of ether oxygens (including phenoxy) is 1. The van der Waals surface area contributed by atoms with E-state index < -0.39 is 11.9 Å². The third-order valence-corrected chi connectivity index (χ3v) is 3.98. The van der Waals surface area contributed by atoms with Crippen LogP contribution in [0.25, 0.3) is 10.9 Å². The van der Waals surface area contributed by atoms with Crippen LogP contribution in [0.1, 0.15) is 36.3 Å². The van der Waals surface area contributed by atoms with Gasteiger partial charge in [0.2, 0.25) is 5.91 Å². The number of rotatable bonds is 6. The molecule has 0 aliphatic carbocycles. The van der Waals surface area contributed by atoms with Crippen LogP contribution in [0.4, 0.5) is 0 Å². The van der Waals surface area contributed by atoms with Gasteiger partial charge in [0, 0.05) is 23.1 Å². The number of carbonyl (C=O) groups excluding carboxylic acids is 2. The average Bonchev–Trinajstić information content (AvgIpc) is 2.79. The molecule has 0 saturated carbocycles. The van der Waals surface area contributed by atoms with E-state index in [1.807, 2.05) is 25.1 Å². The Kier molecular flexibility index (Phi) is 4.93. The highest BCUT2D eigenvalue weighted by Gasteiger charge is 2.22. The zero-order chi connectivity index (χ0) is 17.1. The number of fused-ring (bicyclic) bond motifs is 1. The van der Waals surface area contributed by atoms with Gasteiger partial charge in [-0.1, -0.05) is 6.92 Å². The molecule has 2 rings (SSSR count). The molecule has 2 amide bonds. The predicted molar refractivity (Wildman–Crippen MR) is 89.6 cm³/mol. The molecule has 2 aromatic rings. The molecule has 6 heteroatoms. The number of nitrogens with two attached hydrogens (primary N) is 1. The molecular weight excluding hydrogens is 294 g/mol. The molecule has 1 aromatic carbocycles. The van der Waals surface area contributed by atoms with Gasteiger partial charge in [-0.05, 0) is 38.5 Å². The maximum Gasteiger partial charge on any atom is 0.254 e. The third-order valence-electron chi connectivity index (χ3n) is 3.98. The second-order valence-corrected chi connectivity index (χ2v) is 5.59. The second-order valence-electron chi connectivity index (χ2n) is 5.59. The molecule has 1 heterocycles. The molecule has 0 aliphatic heterocycles. The van der Waals surface area contributed by atoms with Crippen molar-refractivity contribution in [3.63, 3.8) is 0 Å². The summed E-state index contributed by atoms with van der Waals surface area (Å²) in [6.07, 6.45) is 0.954. The molecule has 0 fully saturated rings. The Hall–Kier alpha value is -2.50. The summed E-state index contributed by atoms with van der Waals surface area (Å²) >= 11 is 0. The number of hydrogen-bond donors (Lipinski definition) is 2. The fourth-order valence-corrected chi connectivity index (χ4v) is 2.73. The van der Waals surface area contributed by atoms with E-state index in [0.29, 0.717) is 11.3 Å². The fraction of sp³-hybridized carbons (Fsp3) is 0.412. The van der Waals surface area contributed by atoms with Crippen LogP contribution in [-0.2, 0) is 11.3 Å². The number of benzene rings is 1. The van der Waals surface area contributed by atoms with Gasteiger partial charge in [-0.3, -0.25) is 9.59 Å². The van der Waals surface area contributed by atoms with E-state index in [2.05, 4.69) is 16.8 Å². The van der Waals surface area contributed by atoms with Gasteiger partial charge in [-0.25, -0.2) is 0 Å². The van der Waals surface area contributed by atoms with E-state index in [4.69, 9.17) is 10.5 Å². The number of methoxy groups -OCH3 is 1. The Morgan fingerprint density at radius 2 is 2.09 bits per heavy atom. The topological polar surface area (TPSA) is 86.4 Å². The highest BCUT2D eigenvalue weighted by atomic mass is 16.5. The first-order valence-electron chi connectivity index (χ1n) is 7.67. The van der Waals surface area contributed by atoms with Gasteiger partial charge in [0.15, 0.2) is 0 Å². The summed E-state index contributed by atoms with van der Waals surface area (Å²) in [7, 11) is 1.59. The Labute approximate surface area is 135 Å². The van der Waals surface area contributed by atoms with Crippen molar-refractivity contribution in [1.29, 1.82) is 0 Å². The zero-order valence-corrected chi connectivity index (χ0v) is 14.0. The number of primary amides is 1. The number of amides is 2. The Balaban J connectivity index is 2.58. The third kappa shape index (κ3) is 3.16. The largest absolute Gasteiger partial charge is 0.497 e. The lowest BCUT2D eigenvalue weighted by atomic mass is 10.1. The van der Waals surface area contributed by atoms with Crippen LogP contribution in [0.15, 0.2) is 18.2 Å². The summed E-state index contributed by atoms with van der Waals surface area (Å²) < 4.78 is 7.38. The smallest absolute Gasteiger partial charge is 0.254 e. The van der Waals surface area contributed by atoms with E-state index in [-0.39, 0.29) is 5.91 Å². The molecule has 0 spiro atoms. The SMILES string of the molecule is CCCn1c(C)c(C(=O)N[C@H](C)C(N)=O)c2cc(OC)ccc21. The van der Waals surface area contributed by atoms with Crippen molar-refractivity contribution in [3.8, 4) is 5.75 Å². The quantitative estimate of drug-likeness (QED) is 0.854. The van der Waals surface area contributed by atoms with Crippen LogP contribution in [-0.4, -0.2) is 29.5 Å². The van der Waals surface area contributed by atoms with Crippen molar-refractivity contribution in [3.05, 3.63) is 29.5 Å². The monoisotopic (exact) mass is 317 g/mol. The van der Waals surface area contributed by atoms with Crippen molar-refractivity contribution in [2.45, 2.75) is 39.8 Å². The first-order valence-corrected chi connectivity index (χ1v) is 7.67. The van der Waals surface area contributed by atoms with E-state index in [0.717, 1.165) is 29.6 Å². The van der Waals surface area contributed by atoms with Crippen LogP contribution < -0.4 is 15.8 Å². The van der Waals surface area contributed by atoms with Gasteiger partial charge in [0.1, 0.15) is 11.8 Å². The number of carbonyl (C=O) groups is 2. The van der Waals surface area contributed by atoms with E-state index >= 15 is 0 Å². The van der Waals surface area contributed by atoms with Gasteiger partial charge in [0.25, 0.3) is 5.91 Å². The van der Waals surface area contributed by atoms with Crippen molar-refractivity contribution in [1.82, 2.24) is 9.88 Å². The van der Waals surface area contributed by atoms with E-state index in [1.54, 1.807) is 14.0 Å². The Morgan fingerprint density at radius 1 is 1.39 bits per heavy atom. The van der Waals surface area contributed by atoms with Crippen LogP contribution >= 0.6 is 0 Å². The molecule has 1 aromatic heterocycles. The molecule has 6 nitrogen and oxygen atoms in total. The van der Waals surface area contributed by atoms with E-state index in [1.165, 1.54) is 0 Å². The first-order chi connectivity index (χ1) is 10.9. The maximum atomic E-state index is 12.6. The highest BCUT2D eigenvalue weighted by molar-refractivity contribution is 6.09. The number of nitrogens with zero attached hydrogens (tertiary/aromatic N) is 1. The molecule has 0 unspecified atom stereocenters. The minimum absolute atomic E-state index is 0.304. The van der Waals surface area contributed by atoms with Crippen LogP contribution in [0.3, 0.4) is 0 Å². The Bertz CT molecular complexity index is 749. The summed E-state index contributed by atoms with van der Waals surface area (Å²) in [5.41, 5.74) is 7.63. The summed E-state index contributed by atoms with van der Waals surface area (Å²) in [6.45, 7) is 6.38. The predicted octanol–water partition coefficient (Wildman–Crippen LogP) is 1.97. The molecule has 3 N–H and O–H groups in total. The maximum absolute atomic E-state index is 12.6. The average molecular weight is 317 g/mol. The fourth-order valence-electron chi connectivity index (χ4n) is 2.73. The van der Waals surface area contributed by atoms with Crippen LogP contribution in [0.5, 0.6) is 5.75 Å². The van der Waals surface area contributed by atoms with Gasteiger partial charge < -0.3 is 20.4 Å². The summed E-state index contributed by atoms with van der Waals surface area (Å²) in [4.78, 5) is 23.8. The summed E-state index contributed by atoms with van der Waals surface area (Å²) in [6, 6.07) is 4.95. The van der Waals surface area contributed by atoms with Crippen LogP contribution in [0, 0.1) is 6.92 Å². The van der Waals surface area contributed by atoms with Gasteiger partial charge in [-0.2, -0.15) is 0 Å². The van der Waals surface area contributed by atoms with Crippen molar-refractivity contribution in [2.75, 3.05) is 7.11 Å². The summed E-state index contributed by atoms with van der Waals surface area (Å²) in [5.74, 6) is -0.184. The van der Waals surface area contributed by atoms with Gasteiger partial charge in [0.05, 0.1) is 12.7 Å². The minimum atomic E-state index is -0.725. The number of hydrogen-bond acceptors (Lipinski definition) is 3. The normalized spacial score (nSPS) is 12.2. The van der Waals surface area contributed by atoms with Crippen molar-refractivity contribution in [2.24, 2.45) is 5.73 Å². The molecule has 0 saturated heterocycles. The minimum Gasteiger partial charge on any atom is -0.497 e. The number of nitrogens with one attached hydrogen (secondary N) is 1. The van der Waals surface area contributed by atoms with Crippen molar-refractivity contribution >= 4 is 22.7 Å². The lowest BCUT2D eigenvalue weighted by Gasteiger charge is -2.11. The molecule has 0 radical (unpaired) electrons. The second kappa shape index (κ2) is 6.73. The zero-order valence-electron chi connectivity index (χ0n) is 14.0. The first kappa shape index (κ1) is 16.9. The lowest BCUT2D eigenvalue weighted by Crippen LogP contribution is -2.42. The van der Waals surface area contributed by atoms with Gasteiger partial charge >= 0.3 is 0 Å². The van der Waals surface area contributed by atoms with Crippen LogP contribution in [0.2, 0.25) is 0 Å². The molecule has 124 valence electrons. The number of aryl methyl sites for hydroxylation is 1. The van der Waals surface area contributed by atoms with Gasteiger partial charge in [-0.15, -0.1) is 0 Å². The standard InChI is InChI=1S/C17H23N3O3/c1-5-8-20-11(3)15(17(22)19-10(2)16(18)21)13-9-12(23-4)6-7-14(13)20/h6-7,9-10H,5,8H2,1-4H3,(H2,18,21)(H,19,22)/t10-/m1/s1. The highest BCUT2D eigenvalue weighted by Crippen LogP contribution is 2.29. The summed E-state index contributed by atoms with van der Waals surface area (Å²) in [5, 5.41) is 3.46. The molecule has 23 heavy (non-hydrogen) atoms. The molecule has 0 aliphatic rings. The molecular formula is C17H23N3O3. The van der Waals surface area contributed by atoms with E-state index in [9.17, 15) is 9.59 Å². The number of aromatic nitrogens is 1.